The molecule has 0 spiro atoms. The summed E-state index contributed by atoms with van der Waals surface area (Å²) >= 11 is 1.56. The van der Waals surface area contributed by atoms with Crippen LogP contribution in [0.4, 0.5) is 0 Å². The number of hydrogen-bond acceptors (Lipinski definition) is 5. The molecule has 1 aromatic heterocycles. The van der Waals surface area contributed by atoms with Crippen molar-refractivity contribution in [3.05, 3.63) is 41.4 Å². The zero-order chi connectivity index (χ0) is 17.2. The van der Waals surface area contributed by atoms with Gasteiger partial charge in [-0.3, -0.25) is 9.59 Å². The number of thiazole rings is 1. The topological polar surface area (TPSA) is 56.3 Å². The number of Topliss-reactive ketones (excluding diaryl/α,β-unsaturated/α-hetero) is 1. The van der Waals surface area contributed by atoms with E-state index in [0.29, 0.717) is 18.6 Å². The van der Waals surface area contributed by atoms with Crippen LogP contribution in [0, 0.1) is 17.8 Å². The highest BCUT2D eigenvalue weighted by Crippen LogP contribution is 2.40. The Balaban J connectivity index is 1.35. The van der Waals surface area contributed by atoms with Gasteiger partial charge in [-0.25, -0.2) is 4.98 Å². The van der Waals surface area contributed by atoms with Gasteiger partial charge in [-0.15, -0.1) is 11.3 Å². The smallest absolute Gasteiger partial charge is 0.309 e. The second kappa shape index (κ2) is 7.08. The fourth-order valence-electron chi connectivity index (χ4n) is 4.02. The van der Waals surface area contributed by atoms with Gasteiger partial charge in [0, 0.05) is 22.8 Å². The summed E-state index contributed by atoms with van der Waals surface area (Å²) in [5.41, 5.74) is 1.85. The summed E-state index contributed by atoms with van der Waals surface area (Å²) in [5.74, 6) is 0.240. The first-order valence-electron chi connectivity index (χ1n) is 8.91. The highest BCUT2D eigenvalue weighted by Gasteiger charge is 2.41. The van der Waals surface area contributed by atoms with E-state index in [2.05, 4.69) is 4.98 Å². The number of esters is 1. The highest BCUT2D eigenvalue weighted by atomic mass is 32.1. The first kappa shape index (κ1) is 16.5. The number of aromatic nitrogens is 1. The molecule has 2 bridgehead atoms. The van der Waals surface area contributed by atoms with Crippen LogP contribution in [0.5, 0.6) is 0 Å². The Morgan fingerprint density at radius 2 is 1.88 bits per heavy atom. The minimum Gasteiger partial charge on any atom is -0.459 e. The van der Waals surface area contributed by atoms with E-state index in [4.69, 9.17) is 4.74 Å². The fourth-order valence-corrected chi connectivity index (χ4v) is 4.83. The van der Waals surface area contributed by atoms with Crippen molar-refractivity contribution in [1.82, 2.24) is 4.98 Å². The van der Waals surface area contributed by atoms with E-state index >= 15 is 0 Å². The number of carbonyl (C=O) groups is 2. The SMILES string of the molecule is O=C(OCc1csc(-c2ccccc2)n1)C1C[C@H]2CCC[C@@H](C1)C2=O. The molecule has 2 aliphatic carbocycles. The summed E-state index contributed by atoms with van der Waals surface area (Å²) in [6.45, 7) is 0.210. The molecule has 1 aromatic carbocycles. The van der Waals surface area contributed by atoms with Gasteiger partial charge in [0.2, 0.25) is 0 Å². The van der Waals surface area contributed by atoms with Crippen molar-refractivity contribution >= 4 is 23.1 Å². The average Bonchev–Trinajstić information content (AvgIpc) is 3.09. The molecule has 5 heteroatoms. The number of carbonyl (C=O) groups excluding carboxylic acids is 2. The highest BCUT2D eigenvalue weighted by molar-refractivity contribution is 7.13. The van der Waals surface area contributed by atoms with Crippen molar-refractivity contribution in [3.8, 4) is 10.6 Å². The van der Waals surface area contributed by atoms with E-state index in [1.54, 1.807) is 11.3 Å². The van der Waals surface area contributed by atoms with Crippen LogP contribution < -0.4 is 0 Å². The molecule has 0 radical (unpaired) electrons. The number of hydrogen-bond donors (Lipinski definition) is 0. The molecule has 0 N–H and O–H groups in total. The van der Waals surface area contributed by atoms with Crippen LogP contribution in [0.25, 0.3) is 10.6 Å². The van der Waals surface area contributed by atoms with Gasteiger partial charge in [-0.1, -0.05) is 36.8 Å². The van der Waals surface area contributed by atoms with Crippen LogP contribution in [0.3, 0.4) is 0 Å². The summed E-state index contributed by atoms with van der Waals surface area (Å²) in [7, 11) is 0. The zero-order valence-corrected chi connectivity index (χ0v) is 14.8. The number of benzene rings is 1. The van der Waals surface area contributed by atoms with Gasteiger partial charge in [0.05, 0.1) is 11.6 Å². The Morgan fingerprint density at radius 3 is 2.60 bits per heavy atom. The summed E-state index contributed by atoms with van der Waals surface area (Å²) in [5, 5.41) is 2.87. The Labute approximate surface area is 151 Å². The van der Waals surface area contributed by atoms with E-state index in [1.807, 2.05) is 35.7 Å². The molecule has 1 heterocycles. The van der Waals surface area contributed by atoms with Gasteiger partial charge in [0.25, 0.3) is 0 Å². The molecular formula is C20H21NO3S. The van der Waals surface area contributed by atoms with E-state index in [1.165, 1.54) is 0 Å². The second-order valence-corrected chi connectivity index (χ2v) is 7.87. The third-order valence-corrected chi connectivity index (χ3v) is 6.26. The van der Waals surface area contributed by atoms with Crippen LogP contribution in [0.15, 0.2) is 35.7 Å². The van der Waals surface area contributed by atoms with Crippen molar-refractivity contribution in [2.24, 2.45) is 17.8 Å². The standard InChI is InChI=1S/C20H21NO3S/c22-18-14-7-4-8-15(18)10-16(9-14)20(23)24-11-17-12-25-19(21-17)13-5-2-1-3-6-13/h1-3,5-6,12,14-16H,4,7-11H2/t14-,15+,16?. The largest absolute Gasteiger partial charge is 0.459 e. The minimum absolute atomic E-state index is 0.0778. The molecule has 3 atom stereocenters. The van der Waals surface area contributed by atoms with E-state index in [9.17, 15) is 9.59 Å². The quantitative estimate of drug-likeness (QED) is 0.770. The molecule has 4 rings (SSSR count). The van der Waals surface area contributed by atoms with Crippen LogP contribution in [-0.2, 0) is 20.9 Å². The maximum absolute atomic E-state index is 12.4. The molecular weight excluding hydrogens is 334 g/mol. The van der Waals surface area contributed by atoms with Crippen LogP contribution in [0.1, 0.15) is 37.8 Å². The van der Waals surface area contributed by atoms with E-state index in [-0.39, 0.29) is 30.3 Å². The molecule has 2 aliphatic rings. The predicted octanol–water partition coefficient (Wildman–Crippen LogP) is 4.25. The van der Waals surface area contributed by atoms with Crippen molar-refractivity contribution in [1.29, 1.82) is 0 Å². The van der Waals surface area contributed by atoms with Gasteiger partial charge in [-0.05, 0) is 25.7 Å². The minimum atomic E-state index is -0.168. The lowest BCUT2D eigenvalue weighted by atomic mass is 9.67. The molecule has 0 amide bonds. The Hall–Kier alpha value is -2.01. The summed E-state index contributed by atoms with van der Waals surface area (Å²) < 4.78 is 5.51. The second-order valence-electron chi connectivity index (χ2n) is 7.01. The van der Waals surface area contributed by atoms with Gasteiger partial charge in [-0.2, -0.15) is 0 Å². The van der Waals surface area contributed by atoms with Crippen LogP contribution >= 0.6 is 11.3 Å². The molecule has 0 aliphatic heterocycles. The first-order chi connectivity index (χ1) is 12.2. The number of fused-ring (bicyclic) bond motifs is 2. The zero-order valence-electron chi connectivity index (χ0n) is 14.0. The Morgan fingerprint density at radius 1 is 1.16 bits per heavy atom. The van der Waals surface area contributed by atoms with Crippen molar-refractivity contribution in [2.75, 3.05) is 0 Å². The average molecular weight is 355 g/mol. The maximum atomic E-state index is 12.4. The van der Waals surface area contributed by atoms with Gasteiger partial charge >= 0.3 is 5.97 Å². The summed E-state index contributed by atoms with van der Waals surface area (Å²) in [4.78, 5) is 29.1. The molecule has 2 aromatic rings. The van der Waals surface area contributed by atoms with E-state index < -0.39 is 0 Å². The third kappa shape index (κ3) is 3.52. The van der Waals surface area contributed by atoms with Gasteiger partial charge in [0.15, 0.2) is 0 Å². The van der Waals surface area contributed by atoms with Gasteiger partial charge in [0.1, 0.15) is 17.4 Å². The maximum Gasteiger partial charge on any atom is 0.309 e. The van der Waals surface area contributed by atoms with Crippen molar-refractivity contribution < 1.29 is 14.3 Å². The summed E-state index contributed by atoms with van der Waals surface area (Å²) in [6.07, 6.45) is 4.32. The number of nitrogens with zero attached hydrogens (tertiary/aromatic N) is 1. The molecule has 2 saturated carbocycles. The normalized spacial score (nSPS) is 25.6. The van der Waals surface area contributed by atoms with Crippen molar-refractivity contribution in [2.45, 2.75) is 38.7 Å². The van der Waals surface area contributed by atoms with Gasteiger partial charge < -0.3 is 4.74 Å². The monoisotopic (exact) mass is 355 g/mol. The van der Waals surface area contributed by atoms with E-state index in [0.717, 1.165) is 35.5 Å². The first-order valence-corrected chi connectivity index (χ1v) is 9.79. The van der Waals surface area contributed by atoms with Crippen LogP contribution in [-0.4, -0.2) is 16.7 Å². The third-order valence-electron chi connectivity index (χ3n) is 5.32. The summed E-state index contributed by atoms with van der Waals surface area (Å²) in [6, 6.07) is 9.98. The number of rotatable bonds is 4. The predicted molar refractivity (Wildman–Crippen MR) is 95.9 cm³/mol. The molecule has 4 nitrogen and oxygen atoms in total. The molecule has 2 fully saturated rings. The number of ether oxygens (including phenoxy) is 1. The molecule has 1 unspecified atom stereocenters. The fraction of sp³-hybridized carbons (Fsp3) is 0.450. The lowest BCUT2D eigenvalue weighted by molar-refractivity contribution is -0.154. The van der Waals surface area contributed by atoms with Crippen LogP contribution in [0.2, 0.25) is 0 Å². The number of ketones is 1. The molecule has 130 valence electrons. The molecule has 25 heavy (non-hydrogen) atoms. The Bertz CT molecular complexity index is 754. The van der Waals surface area contributed by atoms with Crippen molar-refractivity contribution in [3.63, 3.8) is 0 Å². The lowest BCUT2D eigenvalue weighted by Gasteiger charge is -2.36. The molecule has 0 saturated heterocycles. The Kier molecular flexibility index (Phi) is 4.66. The lowest BCUT2D eigenvalue weighted by Crippen LogP contribution is -2.39.